The number of H-pyrrole nitrogens is 1. The molecular formula is C12H13F3N6O. The molecule has 118 valence electrons. The molecule has 2 aromatic rings. The van der Waals surface area contributed by atoms with Crippen LogP contribution in [0.4, 0.5) is 13.2 Å². The Morgan fingerprint density at radius 3 is 3.05 bits per heavy atom. The first-order valence-corrected chi connectivity index (χ1v) is 6.70. The first kappa shape index (κ1) is 14.5. The van der Waals surface area contributed by atoms with Crippen molar-refractivity contribution in [2.24, 2.45) is 5.92 Å². The summed E-state index contributed by atoms with van der Waals surface area (Å²) >= 11 is 0. The molecule has 0 bridgehead atoms. The molecule has 0 saturated heterocycles. The van der Waals surface area contributed by atoms with Gasteiger partial charge in [0.2, 0.25) is 5.91 Å². The van der Waals surface area contributed by atoms with Gasteiger partial charge >= 0.3 is 6.18 Å². The van der Waals surface area contributed by atoms with Crippen molar-refractivity contribution in [3.8, 4) is 0 Å². The van der Waals surface area contributed by atoms with E-state index in [4.69, 9.17) is 0 Å². The van der Waals surface area contributed by atoms with Crippen LogP contribution >= 0.6 is 0 Å². The predicted molar refractivity (Wildman–Crippen MR) is 67.3 cm³/mol. The minimum atomic E-state index is -4.60. The number of amides is 1. The van der Waals surface area contributed by atoms with Crippen molar-refractivity contribution in [1.29, 1.82) is 0 Å². The number of carbonyl (C=O) groups is 1. The minimum Gasteiger partial charge on any atom is -0.349 e. The van der Waals surface area contributed by atoms with Crippen molar-refractivity contribution in [3.05, 3.63) is 29.6 Å². The number of nitrogens with zero attached hydrogens (tertiary/aromatic N) is 4. The van der Waals surface area contributed by atoms with Crippen molar-refractivity contribution >= 4 is 5.91 Å². The molecule has 1 aliphatic heterocycles. The summed E-state index contributed by atoms with van der Waals surface area (Å²) in [7, 11) is 0. The highest BCUT2D eigenvalue weighted by Gasteiger charge is 2.36. The van der Waals surface area contributed by atoms with E-state index < -0.39 is 12.0 Å². The fraction of sp³-hybridized carbons (Fsp3) is 0.500. The smallest absolute Gasteiger partial charge is 0.349 e. The number of halogens is 3. The zero-order chi connectivity index (χ0) is 15.7. The van der Waals surface area contributed by atoms with Gasteiger partial charge in [0.05, 0.1) is 6.54 Å². The molecule has 1 amide bonds. The minimum absolute atomic E-state index is 0.0264. The van der Waals surface area contributed by atoms with Crippen LogP contribution in [0.2, 0.25) is 0 Å². The Hall–Kier alpha value is -2.39. The van der Waals surface area contributed by atoms with Gasteiger partial charge in [0.1, 0.15) is 5.82 Å². The number of nitrogens with one attached hydrogen (secondary N) is 2. The maximum absolute atomic E-state index is 12.4. The fourth-order valence-corrected chi connectivity index (χ4v) is 2.41. The van der Waals surface area contributed by atoms with Gasteiger partial charge in [0.15, 0.2) is 0 Å². The molecule has 3 rings (SSSR count). The number of aromatic nitrogens is 5. The third-order valence-corrected chi connectivity index (χ3v) is 3.54. The van der Waals surface area contributed by atoms with Crippen molar-refractivity contribution in [2.75, 3.05) is 0 Å². The second kappa shape index (κ2) is 5.43. The molecule has 1 atom stereocenters. The van der Waals surface area contributed by atoms with Gasteiger partial charge in [0.25, 0.3) is 5.82 Å². The highest BCUT2D eigenvalue weighted by Crippen LogP contribution is 2.25. The van der Waals surface area contributed by atoms with Crippen LogP contribution < -0.4 is 5.32 Å². The number of aromatic amines is 1. The summed E-state index contributed by atoms with van der Waals surface area (Å²) in [5.41, 5.74) is 0.977. The van der Waals surface area contributed by atoms with Crippen LogP contribution in [0.25, 0.3) is 0 Å². The van der Waals surface area contributed by atoms with Crippen LogP contribution in [0.5, 0.6) is 0 Å². The van der Waals surface area contributed by atoms with E-state index in [0.29, 0.717) is 19.4 Å². The average Bonchev–Trinajstić information content (AvgIpc) is 3.12. The normalized spacial score (nSPS) is 18.0. The molecule has 0 aromatic carbocycles. The summed E-state index contributed by atoms with van der Waals surface area (Å²) in [6, 6.07) is 1.85. The lowest BCUT2D eigenvalue weighted by atomic mass is 9.95. The number of rotatable bonds is 3. The van der Waals surface area contributed by atoms with E-state index >= 15 is 0 Å². The number of hydrogen-bond acceptors (Lipinski definition) is 4. The van der Waals surface area contributed by atoms with Gasteiger partial charge in [0, 0.05) is 30.8 Å². The number of fused-ring (bicyclic) bond motifs is 1. The molecule has 22 heavy (non-hydrogen) atoms. The Morgan fingerprint density at radius 2 is 2.32 bits per heavy atom. The van der Waals surface area contributed by atoms with Crippen LogP contribution in [0.3, 0.4) is 0 Å². The Bertz CT molecular complexity index is 676. The van der Waals surface area contributed by atoms with Gasteiger partial charge in [-0.2, -0.15) is 18.3 Å². The zero-order valence-electron chi connectivity index (χ0n) is 11.4. The molecule has 0 fully saturated rings. The third kappa shape index (κ3) is 2.95. The van der Waals surface area contributed by atoms with Gasteiger partial charge in [-0.05, 0) is 12.5 Å². The second-order valence-electron chi connectivity index (χ2n) is 5.06. The third-order valence-electron chi connectivity index (χ3n) is 3.54. The quantitative estimate of drug-likeness (QED) is 0.881. The first-order chi connectivity index (χ1) is 10.4. The molecule has 1 aliphatic rings. The van der Waals surface area contributed by atoms with Crippen LogP contribution in [0.1, 0.15) is 23.8 Å². The number of carbonyl (C=O) groups excluding carboxylic acids is 1. The van der Waals surface area contributed by atoms with Crippen LogP contribution in [0, 0.1) is 5.92 Å². The van der Waals surface area contributed by atoms with Crippen molar-refractivity contribution in [2.45, 2.75) is 32.1 Å². The largest absolute Gasteiger partial charge is 0.453 e. The number of aryl methyl sites for hydroxylation is 1. The molecule has 10 heteroatoms. The molecule has 0 aliphatic carbocycles. The molecule has 2 aromatic heterocycles. The molecule has 3 heterocycles. The lowest BCUT2D eigenvalue weighted by Gasteiger charge is -2.22. The van der Waals surface area contributed by atoms with E-state index in [-0.39, 0.29) is 24.2 Å². The van der Waals surface area contributed by atoms with Gasteiger partial charge in [-0.25, -0.2) is 4.98 Å². The van der Waals surface area contributed by atoms with E-state index in [1.807, 2.05) is 10.7 Å². The van der Waals surface area contributed by atoms with Crippen molar-refractivity contribution in [3.63, 3.8) is 0 Å². The maximum Gasteiger partial charge on any atom is 0.453 e. The van der Waals surface area contributed by atoms with Crippen molar-refractivity contribution in [1.82, 2.24) is 30.3 Å². The molecule has 7 nitrogen and oxygen atoms in total. The molecule has 2 N–H and O–H groups in total. The number of hydrogen-bond donors (Lipinski definition) is 2. The summed E-state index contributed by atoms with van der Waals surface area (Å²) in [6.45, 7) is 0.540. The highest BCUT2D eigenvalue weighted by atomic mass is 19.4. The predicted octanol–water partition coefficient (Wildman–Crippen LogP) is 0.899. The average molecular weight is 314 g/mol. The monoisotopic (exact) mass is 314 g/mol. The Balaban J connectivity index is 1.56. The summed E-state index contributed by atoms with van der Waals surface area (Å²) in [4.78, 5) is 15.4. The summed E-state index contributed by atoms with van der Waals surface area (Å²) < 4.78 is 38.9. The Labute approximate surface area is 122 Å². The zero-order valence-corrected chi connectivity index (χ0v) is 11.4. The van der Waals surface area contributed by atoms with Gasteiger partial charge in [-0.3, -0.25) is 14.6 Å². The van der Waals surface area contributed by atoms with Crippen LogP contribution in [0.15, 0.2) is 12.3 Å². The number of alkyl halides is 3. The van der Waals surface area contributed by atoms with Crippen molar-refractivity contribution < 1.29 is 18.0 Å². The molecule has 1 unspecified atom stereocenters. The Morgan fingerprint density at radius 1 is 1.50 bits per heavy atom. The lowest BCUT2D eigenvalue weighted by Crippen LogP contribution is -2.35. The highest BCUT2D eigenvalue weighted by molar-refractivity contribution is 5.78. The van der Waals surface area contributed by atoms with E-state index in [9.17, 15) is 18.0 Å². The Kier molecular flexibility index (Phi) is 3.59. The summed E-state index contributed by atoms with van der Waals surface area (Å²) in [5, 5.41) is 12.0. The van der Waals surface area contributed by atoms with Crippen LogP contribution in [-0.2, 0) is 30.5 Å². The fourth-order valence-electron chi connectivity index (χ4n) is 2.41. The SMILES string of the molecule is O=C(NCc1nc(C(F)(F)F)n[nH]1)C1CCn2nccc2C1. The van der Waals surface area contributed by atoms with E-state index in [1.165, 1.54) is 0 Å². The standard InChI is InChI=1S/C12H13F3N6O/c13-12(14,15)11-18-9(19-20-11)6-16-10(22)7-2-4-21-8(5-7)1-3-17-21/h1,3,7H,2,4-6H2,(H,16,22)(H,18,19,20). The molecular weight excluding hydrogens is 301 g/mol. The molecule has 0 saturated carbocycles. The molecule has 0 radical (unpaired) electrons. The van der Waals surface area contributed by atoms with Crippen LogP contribution in [-0.4, -0.2) is 30.9 Å². The van der Waals surface area contributed by atoms with Gasteiger partial charge < -0.3 is 5.32 Å². The van der Waals surface area contributed by atoms with Gasteiger partial charge in [-0.1, -0.05) is 0 Å². The first-order valence-electron chi connectivity index (χ1n) is 6.70. The second-order valence-corrected chi connectivity index (χ2v) is 5.06. The van der Waals surface area contributed by atoms with E-state index in [2.05, 4.69) is 25.6 Å². The summed E-state index contributed by atoms with van der Waals surface area (Å²) in [6.07, 6.45) is -1.70. The maximum atomic E-state index is 12.4. The lowest BCUT2D eigenvalue weighted by molar-refractivity contribution is -0.144. The topological polar surface area (TPSA) is 88.5 Å². The van der Waals surface area contributed by atoms with E-state index in [0.717, 1.165) is 5.69 Å². The summed E-state index contributed by atoms with van der Waals surface area (Å²) in [5.74, 6) is -1.69. The molecule has 0 spiro atoms. The van der Waals surface area contributed by atoms with Gasteiger partial charge in [-0.15, -0.1) is 5.10 Å². The van der Waals surface area contributed by atoms with E-state index in [1.54, 1.807) is 6.20 Å².